The summed E-state index contributed by atoms with van der Waals surface area (Å²) in [7, 11) is 0. The van der Waals surface area contributed by atoms with Crippen LogP contribution in [-0.4, -0.2) is 39.9 Å². The van der Waals surface area contributed by atoms with Crippen LogP contribution in [0.5, 0.6) is 0 Å². The zero-order valence-electron chi connectivity index (χ0n) is 12.8. The minimum atomic E-state index is -0.740. The first-order chi connectivity index (χ1) is 10.8. The molecule has 1 unspecified atom stereocenters. The molecular weight excluding hydrogens is 300 g/mol. The highest BCUT2D eigenvalue weighted by molar-refractivity contribution is 5.94. The van der Waals surface area contributed by atoms with Gasteiger partial charge in [0.25, 0.3) is 11.6 Å². The van der Waals surface area contributed by atoms with E-state index in [2.05, 4.69) is 0 Å². The van der Waals surface area contributed by atoms with E-state index in [1.165, 1.54) is 12.1 Å². The zero-order chi connectivity index (χ0) is 16.8. The van der Waals surface area contributed by atoms with Gasteiger partial charge in [0.2, 0.25) is 0 Å². The van der Waals surface area contributed by atoms with Crippen molar-refractivity contribution in [2.45, 2.75) is 26.2 Å². The van der Waals surface area contributed by atoms with Crippen LogP contribution in [0.1, 0.15) is 35.2 Å². The van der Waals surface area contributed by atoms with Crippen molar-refractivity contribution in [1.29, 1.82) is 0 Å². The van der Waals surface area contributed by atoms with E-state index in [0.29, 0.717) is 43.5 Å². The quantitative estimate of drug-likeness (QED) is 0.680. The maximum atomic E-state index is 12.5. The van der Waals surface area contributed by atoms with Crippen molar-refractivity contribution in [3.05, 3.63) is 39.4 Å². The van der Waals surface area contributed by atoms with Gasteiger partial charge in [0, 0.05) is 30.3 Å². The van der Waals surface area contributed by atoms with Gasteiger partial charge in [-0.3, -0.25) is 19.7 Å². The van der Waals surface area contributed by atoms with Gasteiger partial charge in [-0.25, -0.2) is 0 Å². The number of benzene rings is 1. The largest absolute Gasteiger partial charge is 0.481 e. The second kappa shape index (κ2) is 5.33. The molecule has 1 heterocycles. The predicted octanol–water partition coefficient (Wildman–Crippen LogP) is 2.23. The number of rotatable bonds is 3. The van der Waals surface area contributed by atoms with E-state index < -0.39 is 10.9 Å². The van der Waals surface area contributed by atoms with Gasteiger partial charge in [-0.2, -0.15) is 0 Å². The third-order valence-corrected chi connectivity index (χ3v) is 5.17. The Morgan fingerprint density at radius 3 is 2.48 bits per heavy atom. The van der Waals surface area contributed by atoms with Crippen molar-refractivity contribution in [2.75, 3.05) is 13.1 Å². The highest BCUT2D eigenvalue weighted by atomic mass is 16.6. The number of hydrogen-bond acceptors (Lipinski definition) is 4. The summed E-state index contributed by atoms with van der Waals surface area (Å²) >= 11 is 0. The average molecular weight is 318 g/mol. The monoisotopic (exact) mass is 318 g/mol. The maximum absolute atomic E-state index is 12.5. The predicted molar refractivity (Wildman–Crippen MR) is 81.1 cm³/mol. The van der Waals surface area contributed by atoms with Gasteiger partial charge in [-0.15, -0.1) is 0 Å². The van der Waals surface area contributed by atoms with Crippen LogP contribution in [-0.2, 0) is 4.79 Å². The molecule has 0 bridgehead atoms. The first-order valence-corrected chi connectivity index (χ1v) is 7.61. The Balaban J connectivity index is 1.67. The van der Waals surface area contributed by atoms with E-state index in [1.54, 1.807) is 17.9 Å². The molecule has 1 saturated heterocycles. The fourth-order valence-electron chi connectivity index (χ4n) is 3.58. The normalized spacial score (nSPS) is 22.0. The third-order valence-electron chi connectivity index (χ3n) is 5.17. The number of piperidine rings is 1. The van der Waals surface area contributed by atoms with Crippen LogP contribution in [0.4, 0.5) is 5.69 Å². The molecule has 3 rings (SSSR count). The van der Waals surface area contributed by atoms with E-state index in [9.17, 15) is 19.7 Å². The van der Waals surface area contributed by atoms with Gasteiger partial charge in [0.1, 0.15) is 0 Å². The minimum Gasteiger partial charge on any atom is -0.481 e. The molecule has 1 atom stereocenters. The molecule has 1 amide bonds. The molecule has 122 valence electrons. The van der Waals surface area contributed by atoms with E-state index in [4.69, 9.17) is 5.11 Å². The van der Waals surface area contributed by atoms with Crippen LogP contribution in [0.25, 0.3) is 0 Å². The van der Waals surface area contributed by atoms with Crippen LogP contribution >= 0.6 is 0 Å². The topological polar surface area (TPSA) is 101 Å². The van der Waals surface area contributed by atoms with E-state index in [0.717, 1.165) is 0 Å². The van der Waals surface area contributed by atoms with Crippen molar-refractivity contribution < 1.29 is 19.6 Å². The number of hydrogen-bond donors (Lipinski definition) is 1. The highest BCUT2D eigenvalue weighted by Crippen LogP contribution is 2.59. The van der Waals surface area contributed by atoms with Crippen molar-refractivity contribution >= 4 is 17.6 Å². The van der Waals surface area contributed by atoms with Crippen LogP contribution in [0.2, 0.25) is 0 Å². The molecule has 7 nitrogen and oxygen atoms in total. The van der Waals surface area contributed by atoms with Crippen LogP contribution in [0.3, 0.4) is 0 Å². The lowest BCUT2D eigenvalue weighted by atomic mass is 9.90. The molecule has 1 aliphatic carbocycles. The maximum Gasteiger partial charge on any atom is 0.307 e. The first-order valence-electron chi connectivity index (χ1n) is 7.61. The number of carbonyl (C=O) groups is 2. The standard InChI is InChI=1S/C16H18N2O5/c1-10-8-11(2-3-13(10)18(22)23)14(19)17-6-4-16(5-7-17)9-12(16)15(20)21/h2-3,8,12H,4-7,9H2,1H3,(H,20,21). The number of nitro groups is 1. The molecule has 2 aliphatic rings. The Kier molecular flexibility index (Phi) is 3.58. The van der Waals surface area contributed by atoms with Crippen LogP contribution < -0.4 is 0 Å². The highest BCUT2D eigenvalue weighted by Gasteiger charge is 2.59. The molecule has 1 aromatic carbocycles. The fourth-order valence-corrected chi connectivity index (χ4v) is 3.58. The summed E-state index contributed by atoms with van der Waals surface area (Å²) in [5, 5.41) is 19.9. The van der Waals surface area contributed by atoms with Crippen molar-refractivity contribution in [3.63, 3.8) is 0 Å². The summed E-state index contributed by atoms with van der Waals surface area (Å²) in [4.78, 5) is 35.7. The molecule has 1 spiro atoms. The smallest absolute Gasteiger partial charge is 0.307 e. The number of nitro benzene ring substituents is 1. The number of nitrogens with zero attached hydrogens (tertiary/aromatic N) is 2. The number of carboxylic acids is 1. The molecule has 1 aromatic rings. The summed E-state index contributed by atoms with van der Waals surface area (Å²) in [5.41, 5.74) is 0.784. The van der Waals surface area contributed by atoms with Gasteiger partial charge >= 0.3 is 5.97 Å². The van der Waals surface area contributed by atoms with Gasteiger partial charge in [0.15, 0.2) is 0 Å². The zero-order valence-corrected chi connectivity index (χ0v) is 12.8. The summed E-state index contributed by atoms with van der Waals surface area (Å²) in [5.74, 6) is -1.15. The summed E-state index contributed by atoms with van der Waals surface area (Å²) in [6.07, 6.45) is 2.13. The molecule has 1 saturated carbocycles. The van der Waals surface area contributed by atoms with Crippen molar-refractivity contribution in [1.82, 2.24) is 4.90 Å². The SMILES string of the molecule is Cc1cc(C(=O)N2CCC3(CC2)CC3C(=O)O)ccc1[N+](=O)[O-]. The van der Waals surface area contributed by atoms with E-state index in [1.807, 2.05) is 0 Å². The first kappa shape index (κ1) is 15.5. The number of aliphatic carboxylic acids is 1. The molecular formula is C16H18N2O5. The van der Waals surface area contributed by atoms with Gasteiger partial charge < -0.3 is 10.0 Å². The third kappa shape index (κ3) is 2.67. The van der Waals surface area contributed by atoms with E-state index >= 15 is 0 Å². The van der Waals surface area contributed by atoms with Crippen LogP contribution in [0.15, 0.2) is 18.2 Å². The Morgan fingerprint density at radius 1 is 1.35 bits per heavy atom. The Bertz CT molecular complexity index is 692. The number of amides is 1. The molecule has 1 N–H and O–H groups in total. The van der Waals surface area contributed by atoms with E-state index in [-0.39, 0.29) is 22.9 Å². The summed E-state index contributed by atoms with van der Waals surface area (Å²) in [6.45, 7) is 2.69. The fraction of sp³-hybridized carbons (Fsp3) is 0.500. The number of likely N-dealkylation sites (tertiary alicyclic amines) is 1. The molecule has 1 aliphatic heterocycles. The van der Waals surface area contributed by atoms with Gasteiger partial charge in [0.05, 0.1) is 10.8 Å². The average Bonchev–Trinajstić information content (AvgIpc) is 3.21. The van der Waals surface area contributed by atoms with Gasteiger partial charge in [-0.1, -0.05) is 0 Å². The summed E-state index contributed by atoms with van der Waals surface area (Å²) < 4.78 is 0. The lowest BCUT2D eigenvalue weighted by molar-refractivity contribution is -0.385. The lowest BCUT2D eigenvalue weighted by Crippen LogP contribution is -2.40. The van der Waals surface area contributed by atoms with Crippen LogP contribution in [0, 0.1) is 28.4 Å². The van der Waals surface area contributed by atoms with Crippen molar-refractivity contribution in [3.8, 4) is 0 Å². The number of carbonyl (C=O) groups excluding carboxylic acids is 1. The number of aryl methyl sites for hydroxylation is 1. The molecule has 7 heteroatoms. The lowest BCUT2D eigenvalue weighted by Gasteiger charge is -2.32. The minimum absolute atomic E-state index is 0.00132. The Labute approximate surface area is 133 Å². The van der Waals surface area contributed by atoms with Gasteiger partial charge in [-0.05, 0) is 43.7 Å². The Morgan fingerprint density at radius 2 is 2.00 bits per heavy atom. The Hall–Kier alpha value is -2.44. The molecule has 0 aromatic heterocycles. The molecule has 23 heavy (non-hydrogen) atoms. The number of carboxylic acid groups (broad SMARTS) is 1. The second-order valence-electron chi connectivity index (χ2n) is 6.51. The summed E-state index contributed by atoms with van der Waals surface area (Å²) in [6, 6.07) is 4.38. The molecule has 2 fully saturated rings. The molecule has 0 radical (unpaired) electrons. The second-order valence-corrected chi connectivity index (χ2v) is 6.51. The van der Waals surface area contributed by atoms with Crippen molar-refractivity contribution in [2.24, 2.45) is 11.3 Å².